The second-order valence-corrected chi connectivity index (χ2v) is 7.17. The van der Waals surface area contributed by atoms with Crippen molar-refractivity contribution >= 4 is 17.4 Å². The van der Waals surface area contributed by atoms with Crippen LogP contribution >= 0.6 is 0 Å². The quantitative estimate of drug-likeness (QED) is 0.707. The van der Waals surface area contributed by atoms with Gasteiger partial charge in [-0.05, 0) is 38.0 Å². The van der Waals surface area contributed by atoms with Gasteiger partial charge in [-0.3, -0.25) is 9.89 Å². The maximum atomic E-state index is 12.2. The highest BCUT2D eigenvalue weighted by molar-refractivity contribution is 5.92. The summed E-state index contributed by atoms with van der Waals surface area (Å²) in [4.78, 5) is 14.4. The van der Waals surface area contributed by atoms with Crippen LogP contribution in [0.4, 0.5) is 5.82 Å². The number of amides is 1. The molecule has 0 atom stereocenters. The van der Waals surface area contributed by atoms with Gasteiger partial charge < -0.3 is 10.2 Å². The molecule has 0 radical (unpaired) electrons. The zero-order valence-corrected chi connectivity index (χ0v) is 14.5. The van der Waals surface area contributed by atoms with Crippen molar-refractivity contribution in [3.05, 3.63) is 35.4 Å². The summed E-state index contributed by atoms with van der Waals surface area (Å²) in [5, 5.41) is 22.7. The topological polar surface area (TPSA) is 104 Å². The van der Waals surface area contributed by atoms with Crippen LogP contribution in [0.3, 0.4) is 0 Å². The lowest BCUT2D eigenvalue weighted by Gasteiger charge is -2.40. The Hall–Kier alpha value is -2.97. The first-order valence-corrected chi connectivity index (χ1v) is 8.95. The average Bonchev–Trinajstić information content (AvgIpc) is 3.23. The third-order valence-electron chi connectivity index (χ3n) is 5.08. The Morgan fingerprint density at radius 1 is 1.31 bits per heavy atom. The molecule has 0 unspecified atom stereocenters. The highest BCUT2D eigenvalue weighted by Crippen LogP contribution is 2.38. The molecule has 4 heterocycles. The van der Waals surface area contributed by atoms with Gasteiger partial charge in [0, 0.05) is 37.2 Å². The van der Waals surface area contributed by atoms with Crippen LogP contribution in [0.5, 0.6) is 0 Å². The van der Waals surface area contributed by atoms with E-state index in [1.54, 1.807) is 4.52 Å². The number of carbonyl (C=O) groups is 1. The zero-order valence-electron chi connectivity index (χ0n) is 14.5. The number of hydrogen-bond donors (Lipinski definition) is 2. The highest BCUT2D eigenvalue weighted by atomic mass is 16.1. The number of nitrogens with zero attached hydrogens (tertiary/aromatic N) is 6. The average molecular weight is 352 g/mol. The van der Waals surface area contributed by atoms with Crippen LogP contribution in [0, 0.1) is 12.8 Å². The minimum absolute atomic E-state index is 0.105. The number of fused-ring (bicyclic) bond motifs is 1. The maximum absolute atomic E-state index is 12.2. The van der Waals surface area contributed by atoms with E-state index in [0.29, 0.717) is 24.1 Å². The zero-order chi connectivity index (χ0) is 17.7. The number of H-pyrrole nitrogens is 1. The minimum Gasteiger partial charge on any atom is -0.354 e. The Balaban J connectivity index is 1.15. The van der Waals surface area contributed by atoms with Crippen molar-refractivity contribution in [2.24, 2.45) is 5.92 Å². The molecule has 26 heavy (non-hydrogen) atoms. The van der Waals surface area contributed by atoms with Gasteiger partial charge >= 0.3 is 0 Å². The summed E-state index contributed by atoms with van der Waals surface area (Å²) in [7, 11) is 0. The molecule has 3 aromatic rings. The number of aryl methyl sites for hydroxylation is 1. The molecule has 1 saturated carbocycles. The van der Waals surface area contributed by atoms with Gasteiger partial charge in [-0.25, -0.2) is 0 Å². The van der Waals surface area contributed by atoms with Crippen LogP contribution in [0.1, 0.15) is 40.8 Å². The first-order chi connectivity index (χ1) is 12.7. The van der Waals surface area contributed by atoms with Crippen LogP contribution < -0.4 is 10.2 Å². The molecule has 3 aromatic heterocycles. The largest absolute Gasteiger partial charge is 0.354 e. The summed E-state index contributed by atoms with van der Waals surface area (Å²) in [6, 6.07) is 5.76. The van der Waals surface area contributed by atoms with E-state index in [4.69, 9.17) is 0 Å². The van der Waals surface area contributed by atoms with Gasteiger partial charge in [-0.2, -0.15) is 9.61 Å². The summed E-state index contributed by atoms with van der Waals surface area (Å²) >= 11 is 0. The molecule has 9 nitrogen and oxygen atoms in total. The number of rotatable bonds is 5. The summed E-state index contributed by atoms with van der Waals surface area (Å²) < 4.78 is 1.75. The predicted molar refractivity (Wildman–Crippen MR) is 94.1 cm³/mol. The molecule has 1 aliphatic heterocycles. The van der Waals surface area contributed by atoms with Gasteiger partial charge in [-0.1, -0.05) is 0 Å². The Kier molecular flexibility index (Phi) is 3.41. The lowest BCUT2D eigenvalue weighted by atomic mass is 10.0. The van der Waals surface area contributed by atoms with Crippen LogP contribution in [-0.2, 0) is 0 Å². The molecule has 1 amide bonds. The summed E-state index contributed by atoms with van der Waals surface area (Å²) in [5.74, 6) is 2.56. The SMILES string of the molecule is Cc1nnc2ccc(N3CC(CNC(=O)c4cc(C5CC5)[nH]n4)C3)nn12. The highest BCUT2D eigenvalue weighted by Gasteiger charge is 2.29. The fraction of sp³-hybridized carbons (Fsp3) is 0.471. The molecule has 5 rings (SSSR count). The van der Waals surface area contributed by atoms with E-state index in [-0.39, 0.29) is 5.91 Å². The molecule has 0 aromatic carbocycles. The molecule has 0 bridgehead atoms. The Morgan fingerprint density at radius 2 is 2.15 bits per heavy atom. The van der Waals surface area contributed by atoms with Gasteiger partial charge in [0.2, 0.25) is 0 Å². The Labute approximate surface area is 149 Å². The number of carbonyl (C=O) groups excluding carboxylic acids is 1. The number of aromatic amines is 1. The molecule has 2 fully saturated rings. The second-order valence-electron chi connectivity index (χ2n) is 7.17. The van der Waals surface area contributed by atoms with Gasteiger partial charge in [0.05, 0.1) is 0 Å². The summed E-state index contributed by atoms with van der Waals surface area (Å²) in [6.07, 6.45) is 2.38. The normalized spacial score (nSPS) is 17.5. The van der Waals surface area contributed by atoms with E-state index >= 15 is 0 Å². The number of hydrogen-bond acceptors (Lipinski definition) is 6. The second kappa shape index (κ2) is 5.79. The maximum Gasteiger partial charge on any atom is 0.271 e. The Bertz CT molecular complexity index is 966. The van der Waals surface area contributed by atoms with Crippen molar-refractivity contribution in [1.82, 2.24) is 35.3 Å². The standard InChI is InChI=1S/C17H20N8O/c1-10-19-22-15-4-5-16(23-25(10)15)24-8-11(9-24)7-18-17(26)14-6-13(20-21-14)12-2-3-12/h4-6,11-12H,2-3,7-9H2,1H3,(H,18,26)(H,20,21). The van der Waals surface area contributed by atoms with Crippen molar-refractivity contribution in [2.75, 3.05) is 24.5 Å². The molecule has 1 saturated heterocycles. The van der Waals surface area contributed by atoms with Crippen LogP contribution in [0.2, 0.25) is 0 Å². The van der Waals surface area contributed by atoms with E-state index in [1.165, 1.54) is 12.8 Å². The smallest absolute Gasteiger partial charge is 0.271 e. The summed E-state index contributed by atoms with van der Waals surface area (Å²) in [5.41, 5.74) is 2.31. The summed E-state index contributed by atoms with van der Waals surface area (Å²) in [6.45, 7) is 4.27. The first-order valence-electron chi connectivity index (χ1n) is 8.95. The van der Waals surface area contributed by atoms with Crippen molar-refractivity contribution in [3.63, 3.8) is 0 Å². The number of nitrogens with one attached hydrogen (secondary N) is 2. The van der Waals surface area contributed by atoms with Crippen LogP contribution in [0.15, 0.2) is 18.2 Å². The van der Waals surface area contributed by atoms with Crippen molar-refractivity contribution in [2.45, 2.75) is 25.7 Å². The number of aromatic nitrogens is 6. The van der Waals surface area contributed by atoms with Crippen LogP contribution in [-0.4, -0.2) is 55.6 Å². The van der Waals surface area contributed by atoms with Gasteiger partial charge in [0.15, 0.2) is 11.5 Å². The molecular weight excluding hydrogens is 332 g/mol. The van der Waals surface area contributed by atoms with E-state index in [1.807, 2.05) is 25.1 Å². The molecule has 2 N–H and O–H groups in total. The monoisotopic (exact) mass is 352 g/mol. The van der Waals surface area contributed by atoms with E-state index < -0.39 is 0 Å². The third kappa shape index (κ3) is 2.69. The van der Waals surface area contributed by atoms with E-state index in [9.17, 15) is 4.79 Å². The minimum atomic E-state index is -0.105. The van der Waals surface area contributed by atoms with Gasteiger partial charge in [0.1, 0.15) is 11.5 Å². The fourth-order valence-corrected chi connectivity index (χ4v) is 3.33. The van der Waals surface area contributed by atoms with E-state index in [0.717, 1.165) is 36.1 Å². The third-order valence-corrected chi connectivity index (χ3v) is 5.08. The lowest BCUT2D eigenvalue weighted by Crippen LogP contribution is -2.52. The Morgan fingerprint density at radius 3 is 2.96 bits per heavy atom. The molecule has 0 spiro atoms. The molecule has 1 aliphatic carbocycles. The van der Waals surface area contributed by atoms with Crippen molar-refractivity contribution in [3.8, 4) is 0 Å². The molecule has 9 heteroatoms. The fourth-order valence-electron chi connectivity index (χ4n) is 3.33. The van der Waals surface area contributed by atoms with Crippen molar-refractivity contribution < 1.29 is 4.79 Å². The molecular formula is C17H20N8O. The molecule has 134 valence electrons. The van der Waals surface area contributed by atoms with Crippen LogP contribution in [0.25, 0.3) is 5.65 Å². The van der Waals surface area contributed by atoms with Crippen molar-refractivity contribution in [1.29, 1.82) is 0 Å². The lowest BCUT2D eigenvalue weighted by molar-refractivity contribution is 0.0939. The first kappa shape index (κ1) is 15.3. The number of anilines is 1. The predicted octanol–water partition coefficient (Wildman–Crippen LogP) is 0.899. The van der Waals surface area contributed by atoms with E-state index in [2.05, 4.69) is 35.7 Å². The van der Waals surface area contributed by atoms with Gasteiger partial charge in [0.25, 0.3) is 5.91 Å². The van der Waals surface area contributed by atoms with Gasteiger partial charge in [-0.15, -0.1) is 15.3 Å². The molecule has 2 aliphatic rings.